The molecule has 0 aliphatic carbocycles. The van der Waals surface area contributed by atoms with E-state index in [9.17, 15) is 4.79 Å². The van der Waals surface area contributed by atoms with Crippen LogP contribution in [0.3, 0.4) is 0 Å². The predicted molar refractivity (Wildman–Crippen MR) is 113 cm³/mol. The van der Waals surface area contributed by atoms with Crippen LogP contribution in [0, 0.1) is 6.92 Å². The summed E-state index contributed by atoms with van der Waals surface area (Å²) in [5.41, 5.74) is 3.83. The highest BCUT2D eigenvalue weighted by Gasteiger charge is 2.52. The van der Waals surface area contributed by atoms with Crippen LogP contribution >= 0.6 is 11.6 Å². The summed E-state index contributed by atoms with van der Waals surface area (Å²) in [5.74, 6) is 1.05. The van der Waals surface area contributed by atoms with Crippen molar-refractivity contribution in [2.75, 3.05) is 13.1 Å². The molecule has 2 aromatic rings. The lowest BCUT2D eigenvalue weighted by Gasteiger charge is -2.51. The van der Waals surface area contributed by atoms with Gasteiger partial charge in [0.1, 0.15) is 5.75 Å². The van der Waals surface area contributed by atoms with E-state index in [1.807, 2.05) is 29.2 Å². The second-order valence-electron chi connectivity index (χ2n) is 8.19. The summed E-state index contributed by atoms with van der Waals surface area (Å²) in [6.45, 7) is 5.09. The van der Waals surface area contributed by atoms with Crippen molar-refractivity contribution in [3.63, 3.8) is 0 Å². The smallest absolute Gasteiger partial charge is 0.219 e. The number of hydrazone groups is 1. The zero-order valence-electron chi connectivity index (χ0n) is 16.7. The molecule has 0 aromatic heterocycles. The van der Waals surface area contributed by atoms with Gasteiger partial charge in [0.2, 0.25) is 11.6 Å². The Morgan fingerprint density at radius 1 is 1.21 bits per heavy atom. The minimum atomic E-state index is -0.526. The third-order valence-corrected chi connectivity index (χ3v) is 6.66. The van der Waals surface area contributed by atoms with Crippen molar-refractivity contribution in [3.8, 4) is 5.75 Å². The van der Waals surface area contributed by atoms with E-state index in [0.717, 1.165) is 41.3 Å². The van der Waals surface area contributed by atoms with E-state index in [2.05, 4.69) is 30.1 Å². The van der Waals surface area contributed by atoms with Crippen LogP contribution < -0.4 is 4.74 Å². The minimum absolute atomic E-state index is 0.116. The molecule has 1 atom stereocenters. The fourth-order valence-electron chi connectivity index (χ4n) is 4.76. The largest absolute Gasteiger partial charge is 0.466 e. The Morgan fingerprint density at radius 2 is 1.97 bits per heavy atom. The fraction of sp³-hybridized carbons (Fsp3) is 0.391. The Hall–Kier alpha value is -2.53. The maximum atomic E-state index is 11.8. The highest BCUT2D eigenvalue weighted by Crippen LogP contribution is 2.50. The molecule has 0 bridgehead atoms. The van der Waals surface area contributed by atoms with Gasteiger partial charge in [-0.2, -0.15) is 5.10 Å². The molecule has 6 heteroatoms. The van der Waals surface area contributed by atoms with Gasteiger partial charge in [-0.1, -0.05) is 47.5 Å². The van der Waals surface area contributed by atoms with Crippen LogP contribution in [0.2, 0.25) is 5.02 Å². The lowest BCUT2D eigenvalue weighted by molar-refractivity contribution is -0.158. The minimum Gasteiger partial charge on any atom is -0.466 e. The fourth-order valence-corrected chi connectivity index (χ4v) is 5.01. The molecule has 5 nitrogen and oxygen atoms in total. The van der Waals surface area contributed by atoms with Crippen molar-refractivity contribution in [3.05, 3.63) is 64.2 Å². The Bertz CT molecular complexity index is 1010. The molecule has 1 spiro atoms. The zero-order valence-corrected chi connectivity index (χ0v) is 17.4. The van der Waals surface area contributed by atoms with E-state index >= 15 is 0 Å². The monoisotopic (exact) mass is 409 g/mol. The first-order chi connectivity index (χ1) is 14.0. The Morgan fingerprint density at radius 3 is 2.69 bits per heavy atom. The number of nitrogens with zero attached hydrogens (tertiary/aromatic N) is 3. The Kier molecular flexibility index (Phi) is 4.32. The number of rotatable bonds is 1. The highest BCUT2D eigenvalue weighted by molar-refractivity contribution is 6.34. The lowest BCUT2D eigenvalue weighted by atomic mass is 9.90. The predicted octanol–water partition coefficient (Wildman–Crippen LogP) is 4.53. The molecule has 5 rings (SSSR count). The van der Waals surface area contributed by atoms with Gasteiger partial charge < -0.3 is 9.64 Å². The number of piperidine rings is 1. The normalized spacial score (nSPS) is 22.0. The molecule has 150 valence electrons. The van der Waals surface area contributed by atoms with Crippen molar-refractivity contribution >= 4 is 23.2 Å². The molecule has 0 unspecified atom stereocenters. The second kappa shape index (κ2) is 6.77. The van der Waals surface area contributed by atoms with Gasteiger partial charge in [-0.25, -0.2) is 5.01 Å². The van der Waals surface area contributed by atoms with Gasteiger partial charge in [-0.05, 0) is 19.1 Å². The summed E-state index contributed by atoms with van der Waals surface area (Å²) < 4.78 is 6.62. The van der Waals surface area contributed by atoms with Crippen LogP contribution in [0.1, 0.15) is 48.9 Å². The molecule has 29 heavy (non-hydrogen) atoms. The first-order valence-corrected chi connectivity index (χ1v) is 10.5. The average Bonchev–Trinajstić information content (AvgIpc) is 3.16. The quantitative estimate of drug-likeness (QED) is 0.695. The summed E-state index contributed by atoms with van der Waals surface area (Å²) in [4.78, 5) is 13.7. The number of hydrogen-bond donors (Lipinski definition) is 0. The van der Waals surface area contributed by atoms with Crippen LogP contribution in [-0.2, 0) is 4.79 Å². The van der Waals surface area contributed by atoms with Gasteiger partial charge in [0.05, 0.1) is 11.8 Å². The van der Waals surface area contributed by atoms with Crippen LogP contribution in [-0.4, -0.2) is 40.3 Å². The molecule has 3 aliphatic heterocycles. The first-order valence-electron chi connectivity index (χ1n) is 10.1. The maximum absolute atomic E-state index is 11.8. The summed E-state index contributed by atoms with van der Waals surface area (Å²) in [6.07, 6.45) is 2.26. The van der Waals surface area contributed by atoms with Gasteiger partial charge in [0, 0.05) is 55.4 Å². The van der Waals surface area contributed by atoms with Crippen molar-refractivity contribution in [2.45, 2.75) is 44.9 Å². The lowest BCUT2D eigenvalue weighted by Crippen LogP contribution is -2.59. The number of aryl methyl sites for hydroxylation is 1. The molecule has 1 fully saturated rings. The summed E-state index contributed by atoms with van der Waals surface area (Å²) >= 11 is 6.48. The van der Waals surface area contributed by atoms with Crippen molar-refractivity contribution in [1.29, 1.82) is 0 Å². The number of carbonyl (C=O) groups is 1. The summed E-state index contributed by atoms with van der Waals surface area (Å²) in [5, 5.41) is 7.93. The van der Waals surface area contributed by atoms with Gasteiger partial charge in [-0.15, -0.1) is 0 Å². The van der Waals surface area contributed by atoms with Crippen molar-refractivity contribution in [2.24, 2.45) is 5.10 Å². The molecular formula is C23H24ClN3O2. The highest BCUT2D eigenvalue weighted by atomic mass is 35.5. The number of fused-ring (bicyclic) bond motifs is 4. The number of carbonyl (C=O) groups excluding carboxylic acids is 1. The van der Waals surface area contributed by atoms with Gasteiger partial charge in [-0.3, -0.25) is 4.79 Å². The molecule has 0 radical (unpaired) electrons. The van der Waals surface area contributed by atoms with Crippen LogP contribution in [0.5, 0.6) is 5.75 Å². The second-order valence-corrected chi connectivity index (χ2v) is 8.59. The number of hydrogen-bond acceptors (Lipinski definition) is 4. The van der Waals surface area contributed by atoms with Crippen LogP contribution in [0.4, 0.5) is 0 Å². The third kappa shape index (κ3) is 2.99. The molecule has 0 N–H and O–H groups in total. The van der Waals surface area contributed by atoms with E-state index < -0.39 is 5.72 Å². The van der Waals surface area contributed by atoms with E-state index in [-0.39, 0.29) is 11.9 Å². The number of halogens is 1. The van der Waals surface area contributed by atoms with E-state index in [4.69, 9.17) is 21.4 Å². The summed E-state index contributed by atoms with van der Waals surface area (Å²) in [7, 11) is 0. The molecule has 3 aliphatic rings. The zero-order chi connectivity index (χ0) is 20.2. The van der Waals surface area contributed by atoms with Crippen molar-refractivity contribution in [1.82, 2.24) is 9.91 Å². The topological polar surface area (TPSA) is 45.1 Å². The van der Waals surface area contributed by atoms with Crippen LogP contribution in [0.25, 0.3) is 0 Å². The summed E-state index contributed by atoms with van der Waals surface area (Å²) in [6, 6.07) is 14.4. The van der Waals surface area contributed by atoms with Crippen molar-refractivity contribution < 1.29 is 9.53 Å². The Balaban J connectivity index is 1.57. The Labute approximate surface area is 175 Å². The number of amides is 1. The first kappa shape index (κ1) is 18.5. The molecule has 0 saturated carbocycles. The van der Waals surface area contributed by atoms with E-state index in [1.54, 1.807) is 6.92 Å². The van der Waals surface area contributed by atoms with Gasteiger partial charge in [0.25, 0.3) is 0 Å². The standard InChI is InChI=1S/C23H24ClN3O2/c1-15-7-8-22-18(13-15)21-14-20(17-5-3-4-6-19(17)24)25-27(21)23(29-22)9-11-26(12-10-23)16(2)28/h3-8,13,21H,9-12,14H2,1-2H3/t21-/m0/s1. The average molecular weight is 410 g/mol. The molecular weight excluding hydrogens is 386 g/mol. The van der Waals surface area contributed by atoms with Gasteiger partial charge in [0.15, 0.2) is 0 Å². The molecule has 3 heterocycles. The molecule has 2 aromatic carbocycles. The van der Waals surface area contributed by atoms with Gasteiger partial charge >= 0.3 is 0 Å². The third-order valence-electron chi connectivity index (χ3n) is 6.33. The maximum Gasteiger partial charge on any atom is 0.219 e. The molecule has 1 amide bonds. The number of likely N-dealkylation sites (tertiary alicyclic amines) is 1. The molecule has 1 saturated heterocycles. The number of ether oxygens (including phenoxy) is 1. The van der Waals surface area contributed by atoms with E-state index in [0.29, 0.717) is 13.1 Å². The van der Waals surface area contributed by atoms with E-state index in [1.165, 1.54) is 11.1 Å². The number of benzene rings is 2. The SMILES string of the molecule is CC(=O)N1CCC2(CC1)Oc1ccc(C)cc1[C@@H]1CC(c3ccccc3Cl)=NN12. The van der Waals surface area contributed by atoms with Crippen LogP contribution in [0.15, 0.2) is 47.6 Å².